The molecular formula is C33H47N. The van der Waals surface area contributed by atoms with Crippen LogP contribution in [0.5, 0.6) is 0 Å². The van der Waals surface area contributed by atoms with Gasteiger partial charge in [0.25, 0.3) is 0 Å². The first kappa shape index (κ1) is 24.0. The van der Waals surface area contributed by atoms with Crippen LogP contribution in [0.25, 0.3) is 11.1 Å². The van der Waals surface area contributed by atoms with Crippen molar-refractivity contribution in [1.82, 2.24) is 0 Å². The largest absolute Gasteiger partial charge is 0.372 e. The molecule has 2 aromatic rings. The van der Waals surface area contributed by atoms with E-state index in [1.807, 2.05) is 0 Å². The van der Waals surface area contributed by atoms with E-state index in [1.54, 1.807) is 0 Å². The molecule has 0 radical (unpaired) electrons. The minimum atomic E-state index is 0.571. The van der Waals surface area contributed by atoms with Gasteiger partial charge in [-0.3, -0.25) is 0 Å². The van der Waals surface area contributed by atoms with Crippen LogP contribution in [0.15, 0.2) is 54.6 Å². The molecule has 3 aliphatic carbocycles. The molecule has 0 bridgehead atoms. The zero-order chi connectivity index (χ0) is 23.5. The maximum Gasteiger partial charge on any atom is 0.0366 e. The third-order valence-electron chi connectivity index (χ3n) is 10.6. The van der Waals surface area contributed by atoms with E-state index in [1.165, 1.54) is 93.9 Å². The predicted molar refractivity (Wildman–Crippen MR) is 147 cm³/mol. The molecule has 1 heteroatoms. The number of benzene rings is 2. The smallest absolute Gasteiger partial charge is 0.0366 e. The van der Waals surface area contributed by atoms with Crippen molar-refractivity contribution in [3.63, 3.8) is 0 Å². The van der Waals surface area contributed by atoms with Gasteiger partial charge in [-0.1, -0.05) is 108 Å². The standard InChI is InChI=1S/C33H47N/c1-25-12-10-11-23-33(25,2)32-22-21-30(24-31(32)28-15-8-5-9-16-28)34(3)29-19-17-27(18-20-29)26-13-6-4-7-14-26/h4,6-7,13-14,17-20,25,28,30-32H,5,8-12,15-16,21-24H2,1-3H3. The first-order chi connectivity index (χ1) is 16.6. The van der Waals surface area contributed by atoms with Gasteiger partial charge < -0.3 is 4.90 Å². The number of hydrogen-bond acceptors (Lipinski definition) is 1. The third kappa shape index (κ3) is 4.82. The molecule has 34 heavy (non-hydrogen) atoms. The highest BCUT2D eigenvalue weighted by Crippen LogP contribution is 2.56. The highest BCUT2D eigenvalue weighted by molar-refractivity contribution is 5.66. The van der Waals surface area contributed by atoms with E-state index < -0.39 is 0 Å². The van der Waals surface area contributed by atoms with Crippen LogP contribution in [-0.2, 0) is 0 Å². The van der Waals surface area contributed by atoms with Gasteiger partial charge in [0.05, 0.1) is 0 Å². The van der Waals surface area contributed by atoms with E-state index in [0.717, 1.165) is 23.7 Å². The van der Waals surface area contributed by atoms with Crippen LogP contribution in [-0.4, -0.2) is 13.1 Å². The fourth-order valence-electron chi connectivity index (χ4n) is 8.25. The number of anilines is 1. The Morgan fingerprint density at radius 1 is 0.735 bits per heavy atom. The normalized spacial score (nSPS) is 32.9. The molecule has 5 unspecified atom stereocenters. The van der Waals surface area contributed by atoms with Gasteiger partial charge >= 0.3 is 0 Å². The fraction of sp³-hybridized carbons (Fsp3) is 0.636. The van der Waals surface area contributed by atoms with Crippen LogP contribution >= 0.6 is 0 Å². The molecule has 0 saturated heterocycles. The zero-order valence-electron chi connectivity index (χ0n) is 22.0. The molecule has 1 nitrogen and oxygen atoms in total. The lowest BCUT2D eigenvalue weighted by Gasteiger charge is -2.54. The second kappa shape index (κ2) is 10.5. The zero-order valence-corrected chi connectivity index (χ0v) is 22.0. The van der Waals surface area contributed by atoms with Gasteiger partial charge in [-0.05, 0) is 78.0 Å². The van der Waals surface area contributed by atoms with E-state index in [9.17, 15) is 0 Å². The highest BCUT2D eigenvalue weighted by atomic mass is 15.1. The van der Waals surface area contributed by atoms with E-state index in [-0.39, 0.29) is 0 Å². The molecule has 3 saturated carbocycles. The Kier molecular flexibility index (Phi) is 7.38. The Bertz CT molecular complexity index is 896. The van der Waals surface area contributed by atoms with Gasteiger partial charge in [0.2, 0.25) is 0 Å². The molecule has 0 amide bonds. The maximum atomic E-state index is 2.70. The van der Waals surface area contributed by atoms with Gasteiger partial charge in [-0.25, -0.2) is 0 Å². The van der Waals surface area contributed by atoms with Crippen LogP contribution < -0.4 is 4.90 Å². The van der Waals surface area contributed by atoms with Crippen molar-refractivity contribution in [2.75, 3.05) is 11.9 Å². The molecule has 0 spiro atoms. The molecule has 0 heterocycles. The molecular weight excluding hydrogens is 410 g/mol. The maximum absolute atomic E-state index is 2.70. The van der Waals surface area contributed by atoms with Crippen LogP contribution in [0.2, 0.25) is 0 Å². The lowest BCUT2D eigenvalue weighted by Crippen LogP contribution is -2.49. The van der Waals surface area contributed by atoms with E-state index in [4.69, 9.17) is 0 Å². The summed E-state index contributed by atoms with van der Waals surface area (Å²) in [6.45, 7) is 5.28. The van der Waals surface area contributed by atoms with E-state index in [0.29, 0.717) is 11.5 Å². The summed E-state index contributed by atoms with van der Waals surface area (Å²) in [6, 6.07) is 20.8. The summed E-state index contributed by atoms with van der Waals surface area (Å²) in [5.41, 5.74) is 4.59. The van der Waals surface area contributed by atoms with E-state index in [2.05, 4.69) is 80.4 Å². The number of nitrogens with zero attached hydrogens (tertiary/aromatic N) is 1. The van der Waals surface area contributed by atoms with Gasteiger partial charge in [0, 0.05) is 18.8 Å². The Labute approximate surface area is 209 Å². The quantitative estimate of drug-likeness (QED) is 0.432. The van der Waals surface area contributed by atoms with E-state index >= 15 is 0 Å². The first-order valence-corrected chi connectivity index (χ1v) is 14.4. The molecule has 5 rings (SSSR count). The summed E-state index contributed by atoms with van der Waals surface area (Å²) < 4.78 is 0. The van der Waals surface area contributed by atoms with Crippen molar-refractivity contribution >= 4 is 5.69 Å². The molecule has 2 aromatic carbocycles. The second-order valence-electron chi connectivity index (χ2n) is 12.3. The average molecular weight is 458 g/mol. The Balaban J connectivity index is 1.34. The van der Waals surface area contributed by atoms with Gasteiger partial charge in [0.15, 0.2) is 0 Å². The highest BCUT2D eigenvalue weighted by Gasteiger charge is 2.48. The van der Waals surface area contributed by atoms with Crippen LogP contribution in [0.3, 0.4) is 0 Å². The summed E-state index contributed by atoms with van der Waals surface area (Å²) >= 11 is 0. The van der Waals surface area contributed by atoms with Crippen molar-refractivity contribution in [3.05, 3.63) is 54.6 Å². The SMILES string of the molecule is CC1CCCCC1(C)C1CCC(N(C)c2ccc(-c3ccccc3)cc2)CC1C1CCCCC1. The lowest BCUT2D eigenvalue weighted by molar-refractivity contribution is -0.0322. The summed E-state index contributed by atoms with van der Waals surface area (Å²) in [6.07, 6.45) is 17.5. The van der Waals surface area contributed by atoms with Crippen molar-refractivity contribution in [3.8, 4) is 11.1 Å². The molecule has 3 aliphatic rings. The van der Waals surface area contributed by atoms with Crippen molar-refractivity contribution in [1.29, 1.82) is 0 Å². The first-order valence-electron chi connectivity index (χ1n) is 14.4. The molecule has 0 aromatic heterocycles. The summed E-state index contributed by atoms with van der Waals surface area (Å²) in [5.74, 6) is 3.74. The lowest BCUT2D eigenvalue weighted by atomic mass is 9.52. The summed E-state index contributed by atoms with van der Waals surface area (Å²) in [7, 11) is 2.37. The van der Waals surface area contributed by atoms with Crippen LogP contribution in [0.1, 0.15) is 90.9 Å². The second-order valence-corrected chi connectivity index (χ2v) is 12.3. The molecule has 0 aliphatic heterocycles. The van der Waals surface area contributed by atoms with Crippen molar-refractivity contribution < 1.29 is 0 Å². The fourth-order valence-corrected chi connectivity index (χ4v) is 8.25. The molecule has 5 atom stereocenters. The van der Waals surface area contributed by atoms with Gasteiger partial charge in [-0.2, -0.15) is 0 Å². The summed E-state index contributed by atoms with van der Waals surface area (Å²) in [4.78, 5) is 2.63. The van der Waals surface area contributed by atoms with Crippen LogP contribution in [0.4, 0.5) is 5.69 Å². The molecule has 0 N–H and O–H groups in total. The van der Waals surface area contributed by atoms with Gasteiger partial charge in [-0.15, -0.1) is 0 Å². The Hall–Kier alpha value is -1.76. The van der Waals surface area contributed by atoms with Crippen LogP contribution in [0, 0.1) is 29.1 Å². The monoisotopic (exact) mass is 457 g/mol. The van der Waals surface area contributed by atoms with Crippen molar-refractivity contribution in [2.24, 2.45) is 29.1 Å². The Morgan fingerprint density at radius 3 is 2.12 bits per heavy atom. The number of hydrogen-bond donors (Lipinski definition) is 0. The van der Waals surface area contributed by atoms with Gasteiger partial charge in [0.1, 0.15) is 0 Å². The predicted octanol–water partition coefficient (Wildman–Crippen LogP) is 9.37. The topological polar surface area (TPSA) is 3.24 Å². The molecule has 3 fully saturated rings. The van der Waals surface area contributed by atoms with Crippen molar-refractivity contribution in [2.45, 2.75) is 96.9 Å². The number of rotatable bonds is 5. The summed E-state index contributed by atoms with van der Waals surface area (Å²) in [5, 5.41) is 0. The minimum Gasteiger partial charge on any atom is -0.372 e. The third-order valence-corrected chi connectivity index (χ3v) is 10.6. The average Bonchev–Trinajstić information content (AvgIpc) is 2.91. The molecule has 184 valence electrons. The minimum absolute atomic E-state index is 0.571. The Morgan fingerprint density at radius 2 is 1.41 bits per heavy atom.